The molecule has 4 rings (SSSR count). The van der Waals surface area contributed by atoms with E-state index in [0.717, 1.165) is 22.6 Å². The predicted octanol–water partition coefficient (Wildman–Crippen LogP) is 3.03. The second kappa shape index (κ2) is 6.19. The largest absolute Gasteiger partial charge is 0.508 e. The minimum Gasteiger partial charge on any atom is -0.508 e. The molecular weight excluding hydrogens is 342 g/mol. The maximum absolute atomic E-state index is 12.9. The molecule has 1 amide bonds. The molecule has 0 atom stereocenters. The van der Waals surface area contributed by atoms with Crippen molar-refractivity contribution in [2.75, 3.05) is 0 Å². The minimum atomic E-state index is -0.130. The van der Waals surface area contributed by atoms with Gasteiger partial charge in [0.25, 0.3) is 5.91 Å². The van der Waals surface area contributed by atoms with Gasteiger partial charge in [-0.25, -0.2) is 9.97 Å². The molecule has 2 aromatic heterocycles. The average Bonchev–Trinajstić information content (AvgIpc) is 3.27. The fourth-order valence-corrected chi connectivity index (χ4v) is 3.04. The van der Waals surface area contributed by atoms with Crippen LogP contribution >= 0.6 is 0 Å². The summed E-state index contributed by atoms with van der Waals surface area (Å²) in [5.74, 6) is 0.852. The van der Waals surface area contributed by atoms with Gasteiger partial charge < -0.3 is 10.0 Å². The molecule has 0 bridgehead atoms. The van der Waals surface area contributed by atoms with Crippen LogP contribution in [0.2, 0.25) is 0 Å². The summed E-state index contributed by atoms with van der Waals surface area (Å²) in [5, 5.41) is 16.4. The lowest BCUT2D eigenvalue weighted by Crippen LogP contribution is -2.25. The molecule has 0 radical (unpaired) electrons. The molecule has 3 aromatic rings. The lowest BCUT2D eigenvalue weighted by Gasteiger charge is -2.16. The maximum Gasteiger partial charge on any atom is 0.272 e. The minimum absolute atomic E-state index is 0.122. The van der Waals surface area contributed by atoms with Gasteiger partial charge in [-0.15, -0.1) is 0 Å². The topological polar surface area (TPSA) is 95.0 Å². The Kier molecular flexibility index (Phi) is 3.95. The van der Waals surface area contributed by atoms with Gasteiger partial charge in [0.2, 0.25) is 0 Å². The van der Waals surface area contributed by atoms with E-state index in [4.69, 9.17) is 0 Å². The number of carbonyl (C=O) groups is 1. The third kappa shape index (κ3) is 3.28. The molecular formula is C20H21N5O2. The van der Waals surface area contributed by atoms with Gasteiger partial charge in [-0.3, -0.25) is 9.89 Å². The number of phenols is 1. The SMILES string of the molecule is CC(C)(C)c1ncc2c(n1)CN(C(=O)c1cc(-c3ccc(O)cc3)n[nH]1)C2. The van der Waals surface area contributed by atoms with Crippen molar-refractivity contribution in [2.24, 2.45) is 0 Å². The molecule has 138 valence electrons. The summed E-state index contributed by atoms with van der Waals surface area (Å²) in [6, 6.07) is 8.43. The number of phenolic OH excluding ortho intramolecular Hbond substituents is 1. The van der Waals surface area contributed by atoms with Crippen LogP contribution in [0.1, 0.15) is 48.3 Å². The normalized spacial score (nSPS) is 13.7. The zero-order valence-electron chi connectivity index (χ0n) is 15.5. The molecule has 7 heteroatoms. The van der Waals surface area contributed by atoms with Crippen LogP contribution in [0.25, 0.3) is 11.3 Å². The summed E-state index contributed by atoms with van der Waals surface area (Å²) >= 11 is 0. The number of fused-ring (bicyclic) bond motifs is 1. The summed E-state index contributed by atoms with van der Waals surface area (Å²) in [6.45, 7) is 7.17. The lowest BCUT2D eigenvalue weighted by atomic mass is 9.95. The average molecular weight is 363 g/mol. The Labute approximate surface area is 157 Å². The number of nitrogens with one attached hydrogen (secondary N) is 1. The van der Waals surface area contributed by atoms with Crippen LogP contribution in [0, 0.1) is 0 Å². The van der Waals surface area contributed by atoms with E-state index in [1.807, 2.05) is 6.20 Å². The van der Waals surface area contributed by atoms with Crippen molar-refractivity contribution in [3.05, 3.63) is 59.3 Å². The fourth-order valence-electron chi connectivity index (χ4n) is 3.04. The number of amides is 1. The molecule has 1 aliphatic heterocycles. The van der Waals surface area contributed by atoms with E-state index in [0.29, 0.717) is 24.5 Å². The van der Waals surface area contributed by atoms with Crippen LogP contribution in [-0.2, 0) is 18.5 Å². The van der Waals surface area contributed by atoms with Gasteiger partial charge in [0, 0.05) is 29.3 Å². The Balaban J connectivity index is 1.53. The molecule has 7 nitrogen and oxygen atoms in total. The van der Waals surface area contributed by atoms with E-state index in [2.05, 4.69) is 40.9 Å². The first-order valence-electron chi connectivity index (χ1n) is 8.80. The van der Waals surface area contributed by atoms with Crippen molar-refractivity contribution in [3.63, 3.8) is 0 Å². The molecule has 0 unspecified atom stereocenters. The van der Waals surface area contributed by atoms with Crippen LogP contribution in [0.15, 0.2) is 36.5 Å². The highest BCUT2D eigenvalue weighted by Gasteiger charge is 2.29. The van der Waals surface area contributed by atoms with Crippen molar-refractivity contribution in [3.8, 4) is 17.0 Å². The zero-order chi connectivity index (χ0) is 19.2. The first kappa shape index (κ1) is 17.2. The van der Waals surface area contributed by atoms with E-state index in [1.54, 1.807) is 35.2 Å². The fraction of sp³-hybridized carbons (Fsp3) is 0.300. The summed E-state index contributed by atoms with van der Waals surface area (Å²) in [6.07, 6.45) is 1.82. The quantitative estimate of drug-likeness (QED) is 0.730. The van der Waals surface area contributed by atoms with Gasteiger partial charge in [-0.05, 0) is 30.3 Å². The molecule has 2 N–H and O–H groups in total. The molecule has 0 saturated carbocycles. The second-order valence-corrected chi connectivity index (χ2v) is 7.79. The number of H-pyrrole nitrogens is 1. The number of hydrogen-bond acceptors (Lipinski definition) is 5. The van der Waals surface area contributed by atoms with Crippen LogP contribution in [-0.4, -0.2) is 36.1 Å². The molecule has 0 aliphatic carbocycles. The van der Waals surface area contributed by atoms with Crippen molar-refractivity contribution in [2.45, 2.75) is 39.3 Å². The van der Waals surface area contributed by atoms with Crippen LogP contribution in [0.4, 0.5) is 0 Å². The Bertz CT molecular complexity index is 1000. The highest BCUT2D eigenvalue weighted by Crippen LogP contribution is 2.26. The number of hydrogen-bond donors (Lipinski definition) is 2. The summed E-state index contributed by atoms with van der Waals surface area (Å²) < 4.78 is 0. The summed E-state index contributed by atoms with van der Waals surface area (Å²) in [7, 11) is 0. The molecule has 1 aliphatic rings. The first-order valence-corrected chi connectivity index (χ1v) is 8.80. The van der Waals surface area contributed by atoms with E-state index in [9.17, 15) is 9.90 Å². The van der Waals surface area contributed by atoms with Gasteiger partial charge in [-0.1, -0.05) is 20.8 Å². The smallest absolute Gasteiger partial charge is 0.272 e. The van der Waals surface area contributed by atoms with Crippen LogP contribution in [0.5, 0.6) is 5.75 Å². The maximum atomic E-state index is 12.9. The van der Waals surface area contributed by atoms with Gasteiger partial charge >= 0.3 is 0 Å². The van der Waals surface area contributed by atoms with Gasteiger partial charge in [0.15, 0.2) is 0 Å². The number of benzene rings is 1. The number of rotatable bonds is 2. The lowest BCUT2D eigenvalue weighted by molar-refractivity contribution is 0.0744. The third-order valence-corrected chi connectivity index (χ3v) is 4.59. The van der Waals surface area contributed by atoms with Gasteiger partial charge in [-0.2, -0.15) is 5.10 Å². The Morgan fingerprint density at radius 1 is 1.19 bits per heavy atom. The predicted molar refractivity (Wildman–Crippen MR) is 100.0 cm³/mol. The van der Waals surface area contributed by atoms with Crippen molar-refractivity contribution in [1.82, 2.24) is 25.1 Å². The first-order chi connectivity index (χ1) is 12.8. The van der Waals surface area contributed by atoms with E-state index in [1.165, 1.54) is 0 Å². The monoisotopic (exact) mass is 363 g/mol. The molecule has 0 spiro atoms. The second-order valence-electron chi connectivity index (χ2n) is 7.79. The number of carbonyl (C=O) groups excluding carboxylic acids is 1. The van der Waals surface area contributed by atoms with Crippen molar-refractivity contribution >= 4 is 5.91 Å². The highest BCUT2D eigenvalue weighted by atomic mass is 16.3. The van der Waals surface area contributed by atoms with E-state index >= 15 is 0 Å². The van der Waals surface area contributed by atoms with Crippen molar-refractivity contribution in [1.29, 1.82) is 0 Å². The number of nitrogens with zero attached hydrogens (tertiary/aromatic N) is 4. The van der Waals surface area contributed by atoms with E-state index in [-0.39, 0.29) is 17.1 Å². The van der Waals surface area contributed by atoms with Crippen LogP contribution in [0.3, 0.4) is 0 Å². The van der Waals surface area contributed by atoms with Gasteiger partial charge in [0.1, 0.15) is 17.3 Å². The molecule has 27 heavy (non-hydrogen) atoms. The molecule has 0 fully saturated rings. The standard InChI is InChI=1S/C20H21N5O2/c1-20(2,3)19-21-9-13-10-25(11-17(13)22-19)18(27)16-8-15(23-24-16)12-4-6-14(26)7-5-12/h4-9,26H,10-11H2,1-3H3,(H,23,24). The Morgan fingerprint density at radius 2 is 1.93 bits per heavy atom. The Morgan fingerprint density at radius 3 is 2.63 bits per heavy atom. The Hall–Kier alpha value is -3.22. The third-order valence-electron chi connectivity index (χ3n) is 4.59. The van der Waals surface area contributed by atoms with Gasteiger partial charge in [0.05, 0.1) is 17.9 Å². The zero-order valence-corrected chi connectivity index (χ0v) is 15.5. The van der Waals surface area contributed by atoms with Crippen molar-refractivity contribution < 1.29 is 9.90 Å². The molecule has 0 saturated heterocycles. The molecule has 3 heterocycles. The number of aromatic nitrogens is 4. The number of aromatic amines is 1. The number of aromatic hydroxyl groups is 1. The van der Waals surface area contributed by atoms with E-state index < -0.39 is 0 Å². The molecule has 1 aromatic carbocycles. The summed E-state index contributed by atoms with van der Waals surface area (Å²) in [5.41, 5.74) is 3.67. The summed E-state index contributed by atoms with van der Waals surface area (Å²) in [4.78, 5) is 23.7. The van der Waals surface area contributed by atoms with Crippen LogP contribution < -0.4 is 0 Å². The highest BCUT2D eigenvalue weighted by molar-refractivity contribution is 5.93.